The van der Waals surface area contributed by atoms with Crippen LogP contribution in [0.25, 0.3) is 0 Å². The molecular formula is C24H25FN4O5. The summed E-state index contributed by atoms with van der Waals surface area (Å²) in [5.74, 6) is -1.02. The van der Waals surface area contributed by atoms with Crippen molar-refractivity contribution in [2.75, 3.05) is 7.11 Å². The lowest BCUT2D eigenvalue weighted by molar-refractivity contribution is 0.0860. The predicted molar refractivity (Wildman–Crippen MR) is 124 cm³/mol. The van der Waals surface area contributed by atoms with Crippen LogP contribution in [-0.4, -0.2) is 38.8 Å². The Morgan fingerprint density at radius 1 is 1.18 bits per heavy atom. The minimum absolute atomic E-state index is 0.0213. The zero-order valence-electron chi connectivity index (χ0n) is 19.3. The summed E-state index contributed by atoms with van der Waals surface area (Å²) in [6.07, 6.45) is 2.58. The number of halogens is 1. The van der Waals surface area contributed by atoms with Gasteiger partial charge in [0, 0.05) is 12.4 Å². The number of Topliss-reactive ketones (excluding diaryl/α,β-unsaturated/α-hetero) is 1. The van der Waals surface area contributed by atoms with Gasteiger partial charge in [0.05, 0.1) is 42.7 Å². The molecule has 0 unspecified atom stereocenters. The molecule has 0 N–H and O–H groups in total. The number of carbonyl (C=O) groups is 1. The normalized spacial score (nSPS) is 11.5. The second-order valence-corrected chi connectivity index (χ2v) is 7.76. The van der Waals surface area contributed by atoms with E-state index in [2.05, 4.69) is 10.1 Å². The molecule has 0 aliphatic carbocycles. The first kappa shape index (κ1) is 24.6. The number of ketones is 1. The number of hydrogen-bond acceptors (Lipinski definition) is 7. The maximum absolute atomic E-state index is 13.8. The van der Waals surface area contributed by atoms with Gasteiger partial charge < -0.3 is 9.57 Å². The van der Waals surface area contributed by atoms with Gasteiger partial charge in [0.25, 0.3) is 5.56 Å². The third-order valence-corrected chi connectivity index (χ3v) is 4.85. The van der Waals surface area contributed by atoms with E-state index < -0.39 is 29.4 Å². The molecule has 0 saturated carbocycles. The maximum atomic E-state index is 13.8. The van der Waals surface area contributed by atoms with E-state index in [1.165, 1.54) is 25.4 Å². The number of ether oxygens (including phenoxy) is 1. The highest BCUT2D eigenvalue weighted by atomic mass is 19.1. The molecule has 0 spiro atoms. The van der Waals surface area contributed by atoms with Gasteiger partial charge in [0.1, 0.15) is 17.7 Å². The quantitative estimate of drug-likeness (QED) is 0.272. The molecule has 0 radical (unpaired) electrons. The van der Waals surface area contributed by atoms with Crippen molar-refractivity contribution < 1.29 is 18.8 Å². The zero-order chi connectivity index (χ0) is 24.8. The minimum Gasteiger partial charge on any atom is -0.496 e. The molecule has 0 amide bonds. The lowest BCUT2D eigenvalue weighted by atomic mass is 10.1. The summed E-state index contributed by atoms with van der Waals surface area (Å²) < 4.78 is 21.0. The molecule has 0 bridgehead atoms. The predicted octanol–water partition coefficient (Wildman–Crippen LogP) is 2.63. The van der Waals surface area contributed by atoms with Gasteiger partial charge in [-0.25, -0.2) is 9.18 Å². The van der Waals surface area contributed by atoms with Crippen molar-refractivity contribution in [1.82, 2.24) is 14.1 Å². The highest BCUT2D eigenvalue weighted by Crippen LogP contribution is 2.20. The van der Waals surface area contributed by atoms with Crippen LogP contribution in [0.1, 0.15) is 42.4 Å². The summed E-state index contributed by atoms with van der Waals surface area (Å²) in [5, 5.41) is 3.97. The van der Waals surface area contributed by atoms with Crippen LogP contribution in [0.15, 0.2) is 63.5 Å². The van der Waals surface area contributed by atoms with Crippen LogP contribution in [0.2, 0.25) is 0 Å². The van der Waals surface area contributed by atoms with Gasteiger partial charge in [-0.1, -0.05) is 11.2 Å². The first-order valence-electron chi connectivity index (χ1n) is 10.5. The zero-order valence-corrected chi connectivity index (χ0v) is 19.3. The topological polar surface area (TPSA) is 105 Å². The van der Waals surface area contributed by atoms with Crippen molar-refractivity contribution in [2.24, 2.45) is 5.16 Å². The lowest BCUT2D eigenvalue weighted by Crippen LogP contribution is -2.43. The summed E-state index contributed by atoms with van der Waals surface area (Å²) in [5.41, 5.74) is -0.548. The summed E-state index contributed by atoms with van der Waals surface area (Å²) in [6.45, 7) is 4.56. The third kappa shape index (κ3) is 5.64. The molecule has 10 heteroatoms. The Balaban J connectivity index is 2.11. The lowest BCUT2D eigenvalue weighted by Gasteiger charge is -2.14. The Hall–Kier alpha value is -4.08. The number of oxime groups is 1. The number of carbonyl (C=O) groups excluding carboxylic acids is 1. The molecule has 9 nitrogen and oxygen atoms in total. The third-order valence-electron chi connectivity index (χ3n) is 4.85. The van der Waals surface area contributed by atoms with Gasteiger partial charge in [0.2, 0.25) is 0 Å². The van der Waals surface area contributed by atoms with Gasteiger partial charge in [-0.05, 0) is 51.1 Å². The Morgan fingerprint density at radius 3 is 2.59 bits per heavy atom. The molecule has 0 atom stereocenters. The van der Waals surface area contributed by atoms with Crippen LogP contribution in [0.5, 0.6) is 5.75 Å². The van der Waals surface area contributed by atoms with Crippen molar-refractivity contribution in [3.05, 3.63) is 92.3 Å². The number of nitrogens with zero attached hydrogens (tertiary/aromatic N) is 4. The van der Waals surface area contributed by atoms with E-state index in [0.29, 0.717) is 5.69 Å². The van der Waals surface area contributed by atoms with Crippen LogP contribution in [0.3, 0.4) is 0 Å². The van der Waals surface area contributed by atoms with Gasteiger partial charge in [-0.3, -0.25) is 23.7 Å². The molecule has 0 saturated heterocycles. The van der Waals surface area contributed by atoms with Crippen molar-refractivity contribution in [3.8, 4) is 5.75 Å². The monoisotopic (exact) mass is 468 g/mol. The molecule has 0 fully saturated rings. The van der Waals surface area contributed by atoms with Crippen molar-refractivity contribution in [3.63, 3.8) is 0 Å². The summed E-state index contributed by atoms with van der Waals surface area (Å²) >= 11 is 0. The SMILES string of the molecule is COc1ccc(F)cc1C(=O)Cn1cc(/C(C)=N/OC(C)C)c(=O)n(Cc2ccccn2)c1=O. The van der Waals surface area contributed by atoms with Crippen LogP contribution < -0.4 is 16.0 Å². The van der Waals surface area contributed by atoms with Crippen molar-refractivity contribution >= 4 is 11.5 Å². The number of aromatic nitrogens is 3. The second-order valence-electron chi connectivity index (χ2n) is 7.76. The first-order chi connectivity index (χ1) is 16.2. The van der Waals surface area contributed by atoms with Crippen LogP contribution >= 0.6 is 0 Å². The van der Waals surface area contributed by atoms with E-state index in [1.807, 2.05) is 0 Å². The Kier molecular flexibility index (Phi) is 7.72. The average molecular weight is 468 g/mol. The van der Waals surface area contributed by atoms with E-state index in [1.54, 1.807) is 45.2 Å². The Labute approximate surface area is 195 Å². The molecule has 0 aliphatic heterocycles. The van der Waals surface area contributed by atoms with Crippen LogP contribution in [0, 0.1) is 5.82 Å². The summed E-state index contributed by atoms with van der Waals surface area (Å²) in [7, 11) is 1.36. The summed E-state index contributed by atoms with van der Waals surface area (Å²) in [6, 6.07) is 8.67. The molecule has 2 aromatic heterocycles. The smallest absolute Gasteiger partial charge is 0.331 e. The Bertz CT molecular complexity index is 1330. The van der Waals surface area contributed by atoms with Gasteiger partial charge >= 0.3 is 5.69 Å². The van der Waals surface area contributed by atoms with E-state index in [-0.39, 0.29) is 35.2 Å². The molecule has 0 aliphatic rings. The first-order valence-corrected chi connectivity index (χ1v) is 10.5. The fourth-order valence-electron chi connectivity index (χ4n) is 3.18. The van der Waals surface area contributed by atoms with Crippen molar-refractivity contribution in [2.45, 2.75) is 40.0 Å². The highest BCUT2D eigenvalue weighted by Gasteiger charge is 2.19. The van der Waals surface area contributed by atoms with E-state index in [0.717, 1.165) is 15.2 Å². The molecule has 34 heavy (non-hydrogen) atoms. The number of hydrogen-bond donors (Lipinski definition) is 0. The molecule has 2 heterocycles. The minimum atomic E-state index is -0.722. The fourth-order valence-corrected chi connectivity index (χ4v) is 3.18. The van der Waals surface area contributed by atoms with E-state index >= 15 is 0 Å². The Morgan fingerprint density at radius 2 is 1.94 bits per heavy atom. The molecular weight excluding hydrogens is 443 g/mol. The fraction of sp³-hybridized carbons (Fsp3) is 0.292. The van der Waals surface area contributed by atoms with Gasteiger partial charge in [0.15, 0.2) is 5.78 Å². The molecule has 3 rings (SSSR count). The van der Waals surface area contributed by atoms with Gasteiger partial charge in [-0.2, -0.15) is 0 Å². The van der Waals surface area contributed by atoms with Crippen molar-refractivity contribution in [1.29, 1.82) is 0 Å². The van der Waals surface area contributed by atoms with E-state index in [4.69, 9.17) is 9.57 Å². The average Bonchev–Trinajstić information content (AvgIpc) is 2.82. The number of benzene rings is 1. The van der Waals surface area contributed by atoms with Crippen LogP contribution in [0.4, 0.5) is 4.39 Å². The number of methoxy groups -OCH3 is 1. The highest BCUT2D eigenvalue weighted by molar-refractivity contribution is 5.99. The maximum Gasteiger partial charge on any atom is 0.331 e. The number of pyridine rings is 1. The van der Waals surface area contributed by atoms with E-state index in [9.17, 15) is 18.8 Å². The number of rotatable bonds is 9. The molecule has 1 aromatic carbocycles. The standard InChI is InChI=1S/C24H25FN4O5/c1-15(2)34-27-16(3)20-13-28(14-21(30)19-11-17(25)8-9-22(19)33-4)24(32)29(23(20)31)12-18-7-5-6-10-26-18/h5-11,13,15H,12,14H2,1-4H3/b27-16+. The summed E-state index contributed by atoms with van der Waals surface area (Å²) in [4.78, 5) is 48.8. The van der Waals surface area contributed by atoms with Gasteiger partial charge in [-0.15, -0.1) is 0 Å². The molecule has 3 aromatic rings. The second kappa shape index (κ2) is 10.7. The largest absolute Gasteiger partial charge is 0.496 e. The van der Waals surface area contributed by atoms with Crippen LogP contribution in [-0.2, 0) is 17.9 Å². The molecule has 178 valence electrons.